The maximum absolute atomic E-state index is 6.07. The molecule has 19 heavy (non-hydrogen) atoms. The van der Waals surface area contributed by atoms with Crippen molar-refractivity contribution in [2.75, 3.05) is 13.7 Å². The molecule has 2 aromatic carbocycles. The molecule has 0 aliphatic rings. The van der Waals surface area contributed by atoms with Crippen LogP contribution in [0.3, 0.4) is 0 Å². The molecule has 0 heterocycles. The van der Waals surface area contributed by atoms with Gasteiger partial charge in [-0.1, -0.05) is 29.8 Å². The van der Waals surface area contributed by atoms with Crippen molar-refractivity contribution in [2.45, 2.75) is 6.04 Å². The van der Waals surface area contributed by atoms with Crippen molar-refractivity contribution in [3.8, 4) is 11.5 Å². The van der Waals surface area contributed by atoms with Gasteiger partial charge in [0, 0.05) is 5.02 Å². The van der Waals surface area contributed by atoms with Crippen LogP contribution < -0.4 is 15.2 Å². The van der Waals surface area contributed by atoms with Crippen molar-refractivity contribution in [1.82, 2.24) is 0 Å². The second-order valence-corrected chi connectivity index (χ2v) is 4.58. The third kappa shape index (κ3) is 3.88. The average Bonchev–Trinajstić information content (AvgIpc) is 2.45. The zero-order valence-electron chi connectivity index (χ0n) is 10.7. The molecule has 2 aromatic rings. The van der Waals surface area contributed by atoms with Crippen LogP contribution in [-0.2, 0) is 0 Å². The number of hydrogen-bond acceptors (Lipinski definition) is 3. The Balaban J connectivity index is 1.95. The van der Waals surface area contributed by atoms with Gasteiger partial charge >= 0.3 is 0 Å². The van der Waals surface area contributed by atoms with Crippen LogP contribution in [0, 0.1) is 0 Å². The third-order valence-electron chi connectivity index (χ3n) is 2.77. The van der Waals surface area contributed by atoms with Gasteiger partial charge in [-0.05, 0) is 35.9 Å². The zero-order valence-corrected chi connectivity index (χ0v) is 11.4. The Kier molecular flexibility index (Phi) is 4.66. The fraction of sp³-hybridized carbons (Fsp3) is 0.200. The first-order valence-electron chi connectivity index (χ1n) is 5.97. The number of rotatable bonds is 5. The topological polar surface area (TPSA) is 44.5 Å². The van der Waals surface area contributed by atoms with Crippen molar-refractivity contribution >= 4 is 11.6 Å². The molecule has 0 aliphatic carbocycles. The summed E-state index contributed by atoms with van der Waals surface area (Å²) in [5.74, 6) is 1.53. The number of benzene rings is 2. The molecule has 0 amide bonds. The van der Waals surface area contributed by atoms with E-state index in [2.05, 4.69) is 0 Å². The first kappa shape index (κ1) is 13.7. The summed E-state index contributed by atoms with van der Waals surface area (Å²) >= 11 is 5.89. The van der Waals surface area contributed by atoms with Gasteiger partial charge in [-0.15, -0.1) is 0 Å². The normalized spacial score (nSPS) is 11.9. The van der Waals surface area contributed by atoms with Crippen LogP contribution in [0.2, 0.25) is 5.02 Å². The van der Waals surface area contributed by atoms with E-state index in [9.17, 15) is 0 Å². The first-order chi connectivity index (χ1) is 9.19. The van der Waals surface area contributed by atoms with Gasteiger partial charge in [0.2, 0.25) is 0 Å². The van der Waals surface area contributed by atoms with Crippen molar-refractivity contribution in [2.24, 2.45) is 5.73 Å². The molecule has 1 unspecified atom stereocenters. The van der Waals surface area contributed by atoms with E-state index < -0.39 is 0 Å². The van der Waals surface area contributed by atoms with Crippen molar-refractivity contribution in [3.05, 3.63) is 59.1 Å². The van der Waals surface area contributed by atoms with Crippen LogP contribution in [0.4, 0.5) is 0 Å². The van der Waals surface area contributed by atoms with Gasteiger partial charge in [-0.3, -0.25) is 0 Å². The highest BCUT2D eigenvalue weighted by molar-refractivity contribution is 6.30. The fourth-order valence-electron chi connectivity index (χ4n) is 1.69. The highest BCUT2D eigenvalue weighted by Gasteiger charge is 2.07. The standard InChI is InChI=1S/C15H16ClNO2/c1-18-13-7-5-11(6-8-13)15(17)10-19-14-4-2-3-12(16)9-14/h2-9,15H,10,17H2,1H3. The molecular weight excluding hydrogens is 262 g/mol. The lowest BCUT2D eigenvalue weighted by molar-refractivity contribution is 0.290. The van der Waals surface area contributed by atoms with E-state index in [0.29, 0.717) is 11.6 Å². The van der Waals surface area contributed by atoms with Gasteiger partial charge in [0.1, 0.15) is 18.1 Å². The maximum Gasteiger partial charge on any atom is 0.120 e. The molecule has 0 aliphatic heterocycles. The summed E-state index contributed by atoms with van der Waals surface area (Å²) in [6, 6.07) is 14.7. The van der Waals surface area contributed by atoms with E-state index in [4.69, 9.17) is 26.8 Å². The maximum atomic E-state index is 6.07. The Hall–Kier alpha value is -1.71. The first-order valence-corrected chi connectivity index (χ1v) is 6.35. The molecule has 0 saturated carbocycles. The van der Waals surface area contributed by atoms with Gasteiger partial charge in [0.15, 0.2) is 0 Å². The van der Waals surface area contributed by atoms with E-state index in [1.807, 2.05) is 36.4 Å². The second-order valence-electron chi connectivity index (χ2n) is 4.15. The van der Waals surface area contributed by atoms with Gasteiger partial charge in [0.25, 0.3) is 0 Å². The average molecular weight is 278 g/mol. The van der Waals surface area contributed by atoms with Crippen LogP contribution in [0.5, 0.6) is 11.5 Å². The van der Waals surface area contributed by atoms with Crippen LogP contribution in [0.15, 0.2) is 48.5 Å². The van der Waals surface area contributed by atoms with Crippen LogP contribution in [0.1, 0.15) is 11.6 Å². The lowest BCUT2D eigenvalue weighted by atomic mass is 10.1. The van der Waals surface area contributed by atoms with Gasteiger partial charge < -0.3 is 15.2 Å². The Bertz CT molecular complexity index is 528. The van der Waals surface area contributed by atoms with Gasteiger partial charge in [-0.2, -0.15) is 0 Å². The van der Waals surface area contributed by atoms with Crippen LogP contribution in [-0.4, -0.2) is 13.7 Å². The minimum atomic E-state index is -0.190. The minimum Gasteiger partial charge on any atom is -0.497 e. The third-order valence-corrected chi connectivity index (χ3v) is 3.00. The summed E-state index contributed by atoms with van der Waals surface area (Å²) in [6.07, 6.45) is 0. The summed E-state index contributed by atoms with van der Waals surface area (Å²) in [4.78, 5) is 0. The zero-order chi connectivity index (χ0) is 13.7. The Morgan fingerprint density at radius 3 is 2.47 bits per heavy atom. The van der Waals surface area contributed by atoms with Crippen LogP contribution >= 0.6 is 11.6 Å². The molecule has 1 atom stereocenters. The highest BCUT2D eigenvalue weighted by Crippen LogP contribution is 2.20. The monoisotopic (exact) mass is 277 g/mol. The number of hydrogen-bond donors (Lipinski definition) is 1. The quantitative estimate of drug-likeness (QED) is 0.911. The lowest BCUT2D eigenvalue weighted by Crippen LogP contribution is -2.18. The predicted octanol–water partition coefficient (Wildman–Crippen LogP) is 3.43. The Morgan fingerprint density at radius 2 is 1.84 bits per heavy atom. The van der Waals surface area contributed by atoms with E-state index in [1.54, 1.807) is 19.2 Å². The van der Waals surface area contributed by atoms with Gasteiger partial charge in [0.05, 0.1) is 13.2 Å². The summed E-state index contributed by atoms with van der Waals surface area (Å²) in [5, 5.41) is 0.649. The molecule has 0 bridgehead atoms. The molecule has 0 saturated heterocycles. The van der Waals surface area contributed by atoms with Crippen molar-refractivity contribution < 1.29 is 9.47 Å². The Morgan fingerprint density at radius 1 is 1.11 bits per heavy atom. The number of nitrogens with two attached hydrogens (primary N) is 1. The molecule has 0 spiro atoms. The minimum absolute atomic E-state index is 0.190. The van der Waals surface area contributed by atoms with E-state index >= 15 is 0 Å². The molecule has 2 rings (SSSR count). The molecule has 2 N–H and O–H groups in total. The molecule has 4 heteroatoms. The summed E-state index contributed by atoms with van der Waals surface area (Å²) < 4.78 is 10.7. The van der Waals surface area contributed by atoms with E-state index in [1.165, 1.54) is 0 Å². The Labute approximate surface area is 117 Å². The van der Waals surface area contributed by atoms with Gasteiger partial charge in [-0.25, -0.2) is 0 Å². The summed E-state index contributed by atoms with van der Waals surface area (Å²) in [5.41, 5.74) is 7.08. The van der Waals surface area contributed by atoms with E-state index in [0.717, 1.165) is 17.1 Å². The molecule has 0 radical (unpaired) electrons. The molecule has 3 nitrogen and oxygen atoms in total. The van der Waals surface area contributed by atoms with E-state index in [-0.39, 0.29) is 6.04 Å². The largest absolute Gasteiger partial charge is 0.497 e. The number of ether oxygens (including phenoxy) is 2. The smallest absolute Gasteiger partial charge is 0.120 e. The van der Waals surface area contributed by atoms with Crippen molar-refractivity contribution in [1.29, 1.82) is 0 Å². The fourth-order valence-corrected chi connectivity index (χ4v) is 1.87. The molecule has 0 fully saturated rings. The second kappa shape index (κ2) is 6.45. The van der Waals surface area contributed by atoms with Crippen molar-refractivity contribution in [3.63, 3.8) is 0 Å². The lowest BCUT2D eigenvalue weighted by Gasteiger charge is -2.14. The predicted molar refractivity (Wildman–Crippen MR) is 76.9 cm³/mol. The summed E-state index contributed by atoms with van der Waals surface area (Å²) in [7, 11) is 1.64. The number of methoxy groups -OCH3 is 1. The number of halogens is 1. The SMILES string of the molecule is COc1ccc(C(N)COc2cccc(Cl)c2)cc1. The van der Waals surface area contributed by atoms with Crippen LogP contribution in [0.25, 0.3) is 0 Å². The molecule has 0 aromatic heterocycles. The molecule has 100 valence electrons. The molecular formula is C15H16ClNO2. The summed E-state index contributed by atoms with van der Waals surface area (Å²) in [6.45, 7) is 0.396. The highest BCUT2D eigenvalue weighted by atomic mass is 35.5.